The first-order valence-corrected chi connectivity index (χ1v) is 10.5. The summed E-state index contributed by atoms with van der Waals surface area (Å²) in [7, 11) is 0. The summed E-state index contributed by atoms with van der Waals surface area (Å²) in [6, 6.07) is 19.5. The number of hydrogen-bond acceptors (Lipinski definition) is 4. The van der Waals surface area contributed by atoms with Crippen molar-refractivity contribution in [2.24, 2.45) is 0 Å². The second kappa shape index (κ2) is 9.43. The van der Waals surface area contributed by atoms with Crippen molar-refractivity contribution in [3.05, 3.63) is 82.6 Å². The molecule has 0 bridgehead atoms. The third-order valence-corrected chi connectivity index (χ3v) is 5.57. The zero-order valence-corrected chi connectivity index (χ0v) is 17.7. The minimum absolute atomic E-state index is 0.0485. The van der Waals surface area contributed by atoms with E-state index in [0.717, 1.165) is 30.0 Å². The zero-order valence-electron chi connectivity index (χ0n) is 16.9. The molecule has 2 heterocycles. The SMILES string of the molecule is Cc1cc(C(=O)NCC(c2ccc(Cl)cc2)N2CCOCC2)nn1-c1ccccc1. The van der Waals surface area contributed by atoms with Gasteiger partial charge in [0.1, 0.15) is 0 Å². The lowest BCUT2D eigenvalue weighted by Crippen LogP contribution is -2.43. The van der Waals surface area contributed by atoms with Gasteiger partial charge in [0.25, 0.3) is 5.91 Å². The monoisotopic (exact) mass is 424 g/mol. The van der Waals surface area contributed by atoms with Crippen LogP contribution in [0.3, 0.4) is 0 Å². The summed E-state index contributed by atoms with van der Waals surface area (Å²) in [4.78, 5) is 15.2. The lowest BCUT2D eigenvalue weighted by molar-refractivity contribution is 0.0162. The number of para-hydroxylation sites is 1. The van der Waals surface area contributed by atoms with Crippen molar-refractivity contribution in [3.63, 3.8) is 0 Å². The molecule has 1 aliphatic heterocycles. The maximum absolute atomic E-state index is 12.9. The fraction of sp³-hybridized carbons (Fsp3) is 0.304. The van der Waals surface area contributed by atoms with Gasteiger partial charge < -0.3 is 10.1 Å². The van der Waals surface area contributed by atoms with Crippen LogP contribution >= 0.6 is 11.6 Å². The molecule has 6 nitrogen and oxygen atoms in total. The Kier molecular flexibility index (Phi) is 6.47. The molecule has 1 amide bonds. The number of rotatable bonds is 6. The fourth-order valence-electron chi connectivity index (χ4n) is 3.73. The minimum Gasteiger partial charge on any atom is -0.379 e. The highest BCUT2D eigenvalue weighted by atomic mass is 35.5. The molecule has 1 aliphatic rings. The molecule has 1 atom stereocenters. The van der Waals surface area contributed by atoms with Gasteiger partial charge in [-0.3, -0.25) is 9.69 Å². The molecule has 7 heteroatoms. The number of halogens is 1. The summed E-state index contributed by atoms with van der Waals surface area (Å²) in [5.41, 5.74) is 3.37. The van der Waals surface area contributed by atoms with Crippen molar-refractivity contribution >= 4 is 17.5 Å². The van der Waals surface area contributed by atoms with Crippen molar-refractivity contribution in [2.75, 3.05) is 32.8 Å². The molecular weight excluding hydrogens is 400 g/mol. The van der Waals surface area contributed by atoms with E-state index in [1.54, 1.807) is 4.68 Å². The molecule has 0 spiro atoms. The molecule has 1 fully saturated rings. The first-order valence-electron chi connectivity index (χ1n) is 10.1. The van der Waals surface area contributed by atoms with Gasteiger partial charge in [-0.05, 0) is 42.8 Å². The molecule has 156 valence electrons. The Balaban J connectivity index is 1.49. The van der Waals surface area contributed by atoms with Crippen LogP contribution in [-0.4, -0.2) is 53.4 Å². The van der Waals surface area contributed by atoms with Crippen LogP contribution in [0.5, 0.6) is 0 Å². The Morgan fingerprint density at radius 2 is 1.83 bits per heavy atom. The van der Waals surface area contributed by atoms with Crippen molar-refractivity contribution in [2.45, 2.75) is 13.0 Å². The van der Waals surface area contributed by atoms with E-state index in [0.29, 0.717) is 30.5 Å². The highest BCUT2D eigenvalue weighted by molar-refractivity contribution is 6.30. The maximum Gasteiger partial charge on any atom is 0.271 e. The molecule has 1 aromatic heterocycles. The van der Waals surface area contributed by atoms with Gasteiger partial charge in [-0.15, -0.1) is 0 Å². The van der Waals surface area contributed by atoms with E-state index in [-0.39, 0.29) is 11.9 Å². The van der Waals surface area contributed by atoms with Crippen LogP contribution < -0.4 is 5.32 Å². The lowest BCUT2D eigenvalue weighted by Gasteiger charge is -2.34. The second-order valence-corrected chi connectivity index (χ2v) is 7.78. The van der Waals surface area contributed by atoms with Crippen LogP contribution in [0.2, 0.25) is 5.02 Å². The van der Waals surface area contributed by atoms with E-state index in [9.17, 15) is 4.79 Å². The van der Waals surface area contributed by atoms with Crippen LogP contribution in [0.4, 0.5) is 0 Å². The average molecular weight is 425 g/mol. The van der Waals surface area contributed by atoms with Gasteiger partial charge in [-0.25, -0.2) is 4.68 Å². The highest BCUT2D eigenvalue weighted by Gasteiger charge is 2.24. The largest absolute Gasteiger partial charge is 0.379 e. The Labute approximate surface area is 181 Å². The number of nitrogens with zero attached hydrogens (tertiary/aromatic N) is 3. The smallest absolute Gasteiger partial charge is 0.271 e. The molecule has 0 aliphatic carbocycles. The standard InChI is InChI=1S/C23H25ClN4O2/c1-17-15-21(26-28(17)20-5-3-2-4-6-20)23(29)25-16-22(27-11-13-30-14-12-27)18-7-9-19(24)10-8-18/h2-10,15,22H,11-14,16H2,1H3,(H,25,29). The summed E-state index contributed by atoms with van der Waals surface area (Å²) in [6.07, 6.45) is 0. The Hall–Kier alpha value is -2.67. The number of hydrogen-bond donors (Lipinski definition) is 1. The summed E-state index contributed by atoms with van der Waals surface area (Å²) < 4.78 is 7.28. The third kappa shape index (κ3) is 4.73. The molecule has 0 radical (unpaired) electrons. The van der Waals surface area contributed by atoms with Crippen LogP contribution in [0, 0.1) is 6.92 Å². The number of carbonyl (C=O) groups is 1. The molecule has 4 rings (SSSR count). The van der Waals surface area contributed by atoms with Gasteiger partial charge >= 0.3 is 0 Å². The van der Waals surface area contributed by atoms with E-state index in [1.807, 2.05) is 67.6 Å². The molecule has 1 N–H and O–H groups in total. The molecule has 1 saturated heterocycles. The number of ether oxygens (including phenoxy) is 1. The van der Waals surface area contributed by atoms with Gasteiger partial charge in [0.05, 0.1) is 24.9 Å². The van der Waals surface area contributed by atoms with Crippen LogP contribution in [0.25, 0.3) is 5.69 Å². The second-order valence-electron chi connectivity index (χ2n) is 7.34. The lowest BCUT2D eigenvalue weighted by atomic mass is 10.0. The predicted molar refractivity (Wildman–Crippen MR) is 117 cm³/mol. The number of aryl methyl sites for hydroxylation is 1. The van der Waals surface area contributed by atoms with Crippen molar-refractivity contribution < 1.29 is 9.53 Å². The van der Waals surface area contributed by atoms with Gasteiger partial charge in [0.15, 0.2) is 5.69 Å². The van der Waals surface area contributed by atoms with E-state index in [1.165, 1.54) is 0 Å². The van der Waals surface area contributed by atoms with Crippen molar-refractivity contribution in [3.8, 4) is 5.69 Å². The summed E-state index contributed by atoms with van der Waals surface area (Å²) in [6.45, 7) is 5.46. The first-order chi connectivity index (χ1) is 14.6. The zero-order chi connectivity index (χ0) is 20.9. The average Bonchev–Trinajstić information content (AvgIpc) is 3.18. The van der Waals surface area contributed by atoms with Gasteiger partial charge in [0, 0.05) is 30.4 Å². The Bertz CT molecular complexity index is 982. The topological polar surface area (TPSA) is 59.4 Å². The predicted octanol–water partition coefficient (Wildman–Crippen LogP) is 3.64. The van der Waals surface area contributed by atoms with Crippen molar-refractivity contribution in [1.82, 2.24) is 20.0 Å². The first kappa shape index (κ1) is 20.6. The van der Waals surface area contributed by atoms with Gasteiger partial charge in [0.2, 0.25) is 0 Å². The van der Waals surface area contributed by atoms with Crippen LogP contribution in [-0.2, 0) is 4.74 Å². The van der Waals surface area contributed by atoms with E-state index in [2.05, 4.69) is 15.3 Å². The molecule has 0 saturated carbocycles. The molecule has 3 aromatic rings. The van der Waals surface area contributed by atoms with E-state index in [4.69, 9.17) is 16.3 Å². The van der Waals surface area contributed by atoms with Crippen LogP contribution in [0.1, 0.15) is 27.8 Å². The molecule has 30 heavy (non-hydrogen) atoms. The number of carbonyl (C=O) groups excluding carboxylic acids is 1. The molecule has 2 aromatic carbocycles. The van der Waals surface area contributed by atoms with Crippen molar-refractivity contribution in [1.29, 1.82) is 0 Å². The Morgan fingerprint density at radius 1 is 1.13 bits per heavy atom. The molecular formula is C23H25ClN4O2. The number of benzene rings is 2. The highest BCUT2D eigenvalue weighted by Crippen LogP contribution is 2.23. The van der Waals surface area contributed by atoms with Crippen LogP contribution in [0.15, 0.2) is 60.7 Å². The number of nitrogens with one attached hydrogen (secondary N) is 1. The van der Waals surface area contributed by atoms with Gasteiger partial charge in [-0.2, -0.15) is 5.10 Å². The summed E-state index contributed by atoms with van der Waals surface area (Å²) >= 11 is 6.06. The van der Waals surface area contributed by atoms with Gasteiger partial charge in [-0.1, -0.05) is 41.9 Å². The quantitative estimate of drug-likeness (QED) is 0.656. The van der Waals surface area contributed by atoms with E-state index >= 15 is 0 Å². The Morgan fingerprint density at radius 3 is 2.53 bits per heavy atom. The normalized spacial score (nSPS) is 15.7. The summed E-state index contributed by atoms with van der Waals surface area (Å²) in [5, 5.41) is 8.28. The molecule has 1 unspecified atom stereocenters. The minimum atomic E-state index is -0.181. The number of amides is 1. The number of aromatic nitrogens is 2. The summed E-state index contributed by atoms with van der Waals surface area (Å²) in [5.74, 6) is -0.181. The van der Waals surface area contributed by atoms with E-state index < -0.39 is 0 Å². The number of morpholine rings is 1. The third-order valence-electron chi connectivity index (χ3n) is 5.32. The fourth-order valence-corrected chi connectivity index (χ4v) is 3.85. The maximum atomic E-state index is 12.9.